The van der Waals surface area contributed by atoms with Crippen molar-refractivity contribution in [1.29, 1.82) is 0 Å². The van der Waals surface area contributed by atoms with Crippen molar-refractivity contribution >= 4 is 28.4 Å². The first-order chi connectivity index (χ1) is 15.9. The molecule has 1 fully saturated rings. The molecule has 0 amide bonds. The number of rotatable bonds is 6. The molecule has 0 aromatic carbocycles. The van der Waals surface area contributed by atoms with Crippen LogP contribution in [0.2, 0.25) is 0 Å². The Morgan fingerprint density at radius 2 is 1.97 bits per heavy atom. The van der Waals surface area contributed by atoms with Crippen LogP contribution in [0.15, 0.2) is 24.4 Å². The third kappa shape index (κ3) is 3.99. The SMILES string of the molecule is CNc1nc(NC2CCC(C)(O)CC2)nn2ccc(-c3ccc4nc(C)n(CCF)c4n3)c12. The van der Waals surface area contributed by atoms with E-state index >= 15 is 0 Å². The van der Waals surface area contributed by atoms with Gasteiger partial charge in [0.25, 0.3) is 0 Å². The molecule has 0 unspecified atom stereocenters. The van der Waals surface area contributed by atoms with Gasteiger partial charge < -0.3 is 20.3 Å². The van der Waals surface area contributed by atoms with Crippen LogP contribution >= 0.6 is 0 Å². The second-order valence-electron chi connectivity index (χ2n) is 9.01. The summed E-state index contributed by atoms with van der Waals surface area (Å²) in [5, 5.41) is 21.5. The Kier molecular flexibility index (Phi) is 5.40. The van der Waals surface area contributed by atoms with E-state index in [1.807, 2.05) is 45.3 Å². The monoisotopic (exact) mass is 452 g/mol. The number of nitrogens with one attached hydrogen (secondary N) is 2. The molecule has 0 saturated heterocycles. The molecule has 1 aliphatic rings. The summed E-state index contributed by atoms with van der Waals surface area (Å²) < 4.78 is 16.7. The Hall–Kier alpha value is -3.27. The molecule has 4 aromatic rings. The molecule has 4 aromatic heterocycles. The van der Waals surface area contributed by atoms with Crippen molar-refractivity contribution in [3.63, 3.8) is 0 Å². The first kappa shape index (κ1) is 21.6. The summed E-state index contributed by atoms with van der Waals surface area (Å²) >= 11 is 0. The summed E-state index contributed by atoms with van der Waals surface area (Å²) in [7, 11) is 1.83. The lowest BCUT2D eigenvalue weighted by atomic mass is 9.84. The molecule has 0 atom stereocenters. The van der Waals surface area contributed by atoms with E-state index < -0.39 is 12.3 Å². The van der Waals surface area contributed by atoms with Crippen LogP contribution in [0.4, 0.5) is 16.2 Å². The van der Waals surface area contributed by atoms with Crippen LogP contribution in [-0.4, -0.2) is 59.6 Å². The molecule has 1 saturated carbocycles. The summed E-state index contributed by atoms with van der Waals surface area (Å²) in [5.41, 5.74) is 3.28. The fourth-order valence-electron chi connectivity index (χ4n) is 4.65. The number of halogens is 1. The summed E-state index contributed by atoms with van der Waals surface area (Å²) in [4.78, 5) is 14.0. The molecule has 5 rings (SSSR count). The van der Waals surface area contributed by atoms with Crippen LogP contribution in [-0.2, 0) is 6.54 Å². The lowest BCUT2D eigenvalue weighted by molar-refractivity contribution is 0.0195. The van der Waals surface area contributed by atoms with Crippen molar-refractivity contribution in [2.24, 2.45) is 0 Å². The van der Waals surface area contributed by atoms with Crippen molar-refractivity contribution in [3.05, 3.63) is 30.2 Å². The number of hydrogen-bond donors (Lipinski definition) is 3. The van der Waals surface area contributed by atoms with E-state index in [2.05, 4.69) is 20.7 Å². The first-order valence-electron chi connectivity index (χ1n) is 11.3. The van der Waals surface area contributed by atoms with Crippen LogP contribution in [0.25, 0.3) is 27.9 Å². The smallest absolute Gasteiger partial charge is 0.243 e. The summed E-state index contributed by atoms with van der Waals surface area (Å²) in [5.74, 6) is 1.97. The van der Waals surface area contributed by atoms with Gasteiger partial charge in [-0.05, 0) is 57.7 Å². The van der Waals surface area contributed by atoms with E-state index in [1.54, 1.807) is 9.08 Å². The molecular weight excluding hydrogens is 423 g/mol. The highest BCUT2D eigenvalue weighted by molar-refractivity contribution is 5.89. The zero-order valence-electron chi connectivity index (χ0n) is 19.1. The predicted molar refractivity (Wildman–Crippen MR) is 126 cm³/mol. The highest BCUT2D eigenvalue weighted by Crippen LogP contribution is 2.32. The predicted octanol–water partition coefficient (Wildman–Crippen LogP) is 3.57. The van der Waals surface area contributed by atoms with E-state index in [0.717, 1.165) is 53.8 Å². The van der Waals surface area contributed by atoms with Crippen LogP contribution in [0.5, 0.6) is 0 Å². The van der Waals surface area contributed by atoms with Gasteiger partial charge in [0.15, 0.2) is 11.5 Å². The van der Waals surface area contributed by atoms with Crippen LogP contribution in [0.1, 0.15) is 38.4 Å². The van der Waals surface area contributed by atoms with Gasteiger partial charge in [0.2, 0.25) is 5.95 Å². The van der Waals surface area contributed by atoms with Gasteiger partial charge in [-0.3, -0.25) is 0 Å². The van der Waals surface area contributed by atoms with Gasteiger partial charge >= 0.3 is 0 Å². The quantitative estimate of drug-likeness (QED) is 0.411. The molecule has 4 heterocycles. The Morgan fingerprint density at radius 3 is 2.70 bits per heavy atom. The van der Waals surface area contributed by atoms with Crippen molar-refractivity contribution in [3.8, 4) is 11.3 Å². The Balaban J connectivity index is 1.51. The van der Waals surface area contributed by atoms with Crippen LogP contribution in [0.3, 0.4) is 0 Å². The molecule has 33 heavy (non-hydrogen) atoms. The molecule has 3 N–H and O–H groups in total. The maximum atomic E-state index is 13.1. The average Bonchev–Trinajstić information content (AvgIpc) is 3.35. The lowest BCUT2D eigenvalue weighted by Gasteiger charge is -2.33. The zero-order valence-corrected chi connectivity index (χ0v) is 19.1. The van der Waals surface area contributed by atoms with Crippen LogP contribution < -0.4 is 10.6 Å². The van der Waals surface area contributed by atoms with Gasteiger partial charge in [-0.15, -0.1) is 5.10 Å². The van der Waals surface area contributed by atoms with E-state index in [4.69, 9.17) is 9.97 Å². The number of aryl methyl sites for hydroxylation is 2. The second kappa shape index (κ2) is 8.26. The van der Waals surface area contributed by atoms with Crippen molar-refractivity contribution in [1.82, 2.24) is 29.1 Å². The van der Waals surface area contributed by atoms with Gasteiger partial charge in [0, 0.05) is 24.8 Å². The van der Waals surface area contributed by atoms with Gasteiger partial charge in [-0.1, -0.05) is 0 Å². The minimum Gasteiger partial charge on any atom is -0.390 e. The van der Waals surface area contributed by atoms with E-state index in [1.165, 1.54) is 0 Å². The number of alkyl halides is 1. The number of anilines is 2. The number of imidazole rings is 1. The average molecular weight is 453 g/mol. The molecule has 0 bridgehead atoms. The molecule has 10 heteroatoms. The molecule has 9 nitrogen and oxygen atoms in total. The molecule has 0 spiro atoms. The number of pyridine rings is 1. The normalized spacial score (nSPS) is 21.1. The summed E-state index contributed by atoms with van der Waals surface area (Å²) in [6.07, 6.45) is 5.14. The standard InChI is InChI=1S/C23H29FN8O/c1-14-26-18-5-4-17(28-21(18)31(14)13-11-24)16-8-12-32-19(16)20(25-3)29-22(30-32)27-15-6-9-23(2,33)10-7-15/h4-5,8,12,15,33H,6-7,9-11,13H2,1-3H3,(H2,25,27,29,30). The Labute approximate surface area is 191 Å². The van der Waals surface area contributed by atoms with E-state index in [9.17, 15) is 9.50 Å². The summed E-state index contributed by atoms with van der Waals surface area (Å²) in [6, 6.07) is 6.02. The number of aliphatic hydroxyl groups is 1. The molecule has 1 aliphatic carbocycles. The Bertz CT molecular complexity index is 1300. The minimum absolute atomic E-state index is 0.227. The number of fused-ring (bicyclic) bond motifs is 2. The first-order valence-corrected chi connectivity index (χ1v) is 11.3. The molecule has 0 radical (unpaired) electrons. The number of aromatic nitrogens is 6. The highest BCUT2D eigenvalue weighted by Gasteiger charge is 2.29. The van der Waals surface area contributed by atoms with Crippen molar-refractivity contribution in [2.75, 3.05) is 24.4 Å². The van der Waals surface area contributed by atoms with E-state index in [0.29, 0.717) is 17.4 Å². The summed E-state index contributed by atoms with van der Waals surface area (Å²) in [6.45, 7) is 3.51. The molecular formula is C23H29FN8O. The maximum Gasteiger partial charge on any atom is 0.243 e. The molecule has 0 aliphatic heterocycles. The zero-order chi connectivity index (χ0) is 23.2. The fraction of sp³-hybridized carbons (Fsp3) is 0.478. The lowest BCUT2D eigenvalue weighted by Crippen LogP contribution is -2.36. The number of nitrogens with zero attached hydrogens (tertiary/aromatic N) is 6. The minimum atomic E-state index is -0.583. The largest absolute Gasteiger partial charge is 0.390 e. The number of hydrogen-bond acceptors (Lipinski definition) is 7. The van der Waals surface area contributed by atoms with E-state index in [-0.39, 0.29) is 12.6 Å². The third-order valence-corrected chi connectivity index (χ3v) is 6.51. The maximum absolute atomic E-state index is 13.1. The Morgan fingerprint density at radius 1 is 1.18 bits per heavy atom. The van der Waals surface area contributed by atoms with Crippen molar-refractivity contribution in [2.45, 2.75) is 57.7 Å². The van der Waals surface area contributed by atoms with Gasteiger partial charge in [-0.2, -0.15) is 4.98 Å². The fourth-order valence-corrected chi connectivity index (χ4v) is 4.65. The third-order valence-electron chi connectivity index (χ3n) is 6.51. The topological polar surface area (TPSA) is 105 Å². The second-order valence-corrected chi connectivity index (χ2v) is 9.01. The molecule has 174 valence electrons. The van der Waals surface area contributed by atoms with Gasteiger partial charge in [0.1, 0.15) is 23.5 Å². The van der Waals surface area contributed by atoms with Crippen molar-refractivity contribution < 1.29 is 9.50 Å². The van der Waals surface area contributed by atoms with Gasteiger partial charge in [-0.25, -0.2) is 18.9 Å². The van der Waals surface area contributed by atoms with Gasteiger partial charge in [0.05, 0.1) is 17.8 Å². The highest BCUT2D eigenvalue weighted by atomic mass is 19.1. The van der Waals surface area contributed by atoms with Crippen LogP contribution in [0, 0.1) is 6.92 Å².